The van der Waals surface area contributed by atoms with E-state index in [2.05, 4.69) is 38.3 Å². The summed E-state index contributed by atoms with van der Waals surface area (Å²) in [6.45, 7) is 1.97. The Morgan fingerprint density at radius 1 is 1.28 bits per heavy atom. The molecule has 0 saturated heterocycles. The zero-order valence-corrected chi connectivity index (χ0v) is 17.7. The molecule has 4 rings (SSSR count). The SMILES string of the molecule is Cc1ccc([C@@H]2C[C@H](C(F)F)n3ncc(C(=O)Nc4cccc(I)c4)c3N2)cc1. The summed E-state index contributed by atoms with van der Waals surface area (Å²) in [4.78, 5) is 12.8. The van der Waals surface area contributed by atoms with Crippen LogP contribution in [0.4, 0.5) is 20.3 Å². The average Bonchev–Trinajstić information content (AvgIpc) is 3.12. The number of aryl methyl sites for hydroxylation is 1. The number of halogens is 3. The molecule has 1 amide bonds. The molecule has 0 bridgehead atoms. The monoisotopic (exact) mass is 508 g/mol. The minimum absolute atomic E-state index is 0.188. The molecule has 0 radical (unpaired) electrons. The van der Waals surface area contributed by atoms with Crippen molar-refractivity contribution in [3.05, 3.63) is 75.0 Å². The molecule has 2 atom stereocenters. The Morgan fingerprint density at radius 2 is 2.03 bits per heavy atom. The largest absolute Gasteiger partial charge is 0.363 e. The van der Waals surface area contributed by atoms with E-state index >= 15 is 0 Å². The van der Waals surface area contributed by atoms with Crippen LogP contribution in [0.25, 0.3) is 0 Å². The number of hydrogen-bond donors (Lipinski definition) is 2. The fourth-order valence-corrected chi connectivity index (χ4v) is 4.02. The first kappa shape index (κ1) is 19.8. The zero-order valence-electron chi connectivity index (χ0n) is 15.6. The molecule has 2 heterocycles. The quantitative estimate of drug-likeness (QED) is 0.464. The molecule has 150 valence electrons. The minimum atomic E-state index is -2.59. The lowest BCUT2D eigenvalue weighted by molar-refractivity contribution is 0.0657. The van der Waals surface area contributed by atoms with E-state index in [1.807, 2.05) is 49.4 Å². The Balaban J connectivity index is 1.66. The molecule has 8 heteroatoms. The van der Waals surface area contributed by atoms with Gasteiger partial charge in [0.15, 0.2) is 0 Å². The van der Waals surface area contributed by atoms with Gasteiger partial charge in [0.25, 0.3) is 12.3 Å². The van der Waals surface area contributed by atoms with Crippen LogP contribution in [-0.4, -0.2) is 22.1 Å². The van der Waals surface area contributed by atoms with Crippen molar-refractivity contribution >= 4 is 40.0 Å². The molecule has 0 saturated carbocycles. The van der Waals surface area contributed by atoms with Crippen molar-refractivity contribution in [3.63, 3.8) is 0 Å². The Morgan fingerprint density at radius 3 is 2.72 bits per heavy atom. The number of rotatable bonds is 4. The average molecular weight is 508 g/mol. The van der Waals surface area contributed by atoms with Gasteiger partial charge in [0.2, 0.25) is 0 Å². The first-order chi connectivity index (χ1) is 13.9. The number of carbonyl (C=O) groups is 1. The molecule has 29 heavy (non-hydrogen) atoms. The second-order valence-corrected chi connectivity index (χ2v) is 8.31. The second-order valence-electron chi connectivity index (χ2n) is 7.06. The van der Waals surface area contributed by atoms with Crippen molar-refractivity contribution in [1.82, 2.24) is 9.78 Å². The lowest BCUT2D eigenvalue weighted by Crippen LogP contribution is -2.31. The van der Waals surface area contributed by atoms with Crippen molar-refractivity contribution in [2.24, 2.45) is 0 Å². The van der Waals surface area contributed by atoms with Gasteiger partial charge >= 0.3 is 0 Å². The highest BCUT2D eigenvalue weighted by molar-refractivity contribution is 14.1. The van der Waals surface area contributed by atoms with Gasteiger partial charge < -0.3 is 10.6 Å². The van der Waals surface area contributed by atoms with E-state index in [0.717, 1.165) is 14.7 Å². The first-order valence-electron chi connectivity index (χ1n) is 9.18. The molecule has 5 nitrogen and oxygen atoms in total. The molecule has 3 aromatic rings. The van der Waals surface area contributed by atoms with E-state index in [9.17, 15) is 13.6 Å². The second kappa shape index (κ2) is 8.10. The summed E-state index contributed by atoms with van der Waals surface area (Å²) in [5.41, 5.74) is 2.87. The van der Waals surface area contributed by atoms with Crippen LogP contribution < -0.4 is 10.6 Å². The number of anilines is 2. The fourth-order valence-electron chi connectivity index (χ4n) is 3.48. The summed E-state index contributed by atoms with van der Waals surface area (Å²) in [5.74, 6) is -0.0754. The van der Waals surface area contributed by atoms with E-state index in [4.69, 9.17) is 0 Å². The highest BCUT2D eigenvalue weighted by Crippen LogP contribution is 2.39. The van der Waals surface area contributed by atoms with Crippen molar-refractivity contribution < 1.29 is 13.6 Å². The summed E-state index contributed by atoms with van der Waals surface area (Å²) in [6.07, 6.45) is -1.05. The third-order valence-electron chi connectivity index (χ3n) is 5.00. The highest BCUT2D eigenvalue weighted by Gasteiger charge is 2.36. The van der Waals surface area contributed by atoms with Gasteiger partial charge in [-0.3, -0.25) is 4.79 Å². The van der Waals surface area contributed by atoms with E-state index in [1.54, 1.807) is 6.07 Å². The third kappa shape index (κ3) is 4.12. The molecule has 0 fully saturated rings. The Bertz CT molecular complexity index is 1040. The van der Waals surface area contributed by atoms with Crippen LogP contribution in [0, 0.1) is 10.5 Å². The number of amides is 1. The summed E-state index contributed by atoms with van der Waals surface area (Å²) in [7, 11) is 0. The molecule has 0 aliphatic carbocycles. The van der Waals surface area contributed by atoms with Crippen molar-refractivity contribution in [2.75, 3.05) is 10.6 Å². The van der Waals surface area contributed by atoms with E-state index in [0.29, 0.717) is 11.5 Å². The molecule has 1 aliphatic rings. The standard InChI is InChI=1S/C21H19F2IN4O/c1-12-5-7-13(8-6-12)17-10-18(19(22)23)28-20(27-17)16(11-25-28)21(29)26-15-4-2-3-14(24)9-15/h2-9,11,17-19,27H,10H2,1H3,(H,26,29)/t17-,18+/m0/s1. The fraction of sp³-hybridized carbons (Fsp3) is 0.238. The van der Waals surface area contributed by atoms with Crippen molar-refractivity contribution in [1.29, 1.82) is 0 Å². The van der Waals surface area contributed by atoms with Crippen LogP contribution in [0.3, 0.4) is 0 Å². The maximum Gasteiger partial charge on any atom is 0.261 e. The molecule has 1 aliphatic heterocycles. The van der Waals surface area contributed by atoms with Crippen molar-refractivity contribution in [2.45, 2.75) is 31.9 Å². The Labute approximate surface area is 180 Å². The summed E-state index contributed by atoms with van der Waals surface area (Å²) in [6, 6.07) is 13.7. The lowest BCUT2D eigenvalue weighted by atomic mass is 9.96. The van der Waals surface area contributed by atoms with Crippen LogP contribution in [-0.2, 0) is 0 Å². The van der Waals surface area contributed by atoms with Gasteiger partial charge in [0.05, 0.1) is 12.2 Å². The number of aromatic nitrogens is 2. The topological polar surface area (TPSA) is 59.0 Å². The number of nitrogens with one attached hydrogen (secondary N) is 2. The van der Waals surface area contributed by atoms with Crippen LogP contribution in [0.15, 0.2) is 54.7 Å². The van der Waals surface area contributed by atoms with Gasteiger partial charge in [-0.15, -0.1) is 0 Å². The number of alkyl halides is 2. The van der Waals surface area contributed by atoms with Gasteiger partial charge in [-0.1, -0.05) is 35.9 Å². The molecule has 2 N–H and O–H groups in total. The Hall–Kier alpha value is -2.49. The molecular formula is C21H19F2IN4O. The minimum Gasteiger partial charge on any atom is -0.363 e. The zero-order chi connectivity index (χ0) is 20.5. The molecule has 2 aromatic carbocycles. The predicted molar refractivity (Wildman–Crippen MR) is 117 cm³/mol. The number of carbonyl (C=O) groups excluding carboxylic acids is 1. The Kier molecular flexibility index (Phi) is 5.53. The molecule has 0 spiro atoms. The van der Waals surface area contributed by atoms with Crippen molar-refractivity contribution in [3.8, 4) is 0 Å². The maximum absolute atomic E-state index is 13.8. The van der Waals surface area contributed by atoms with Gasteiger partial charge in [-0.05, 0) is 59.7 Å². The smallest absolute Gasteiger partial charge is 0.261 e. The summed E-state index contributed by atoms with van der Waals surface area (Å²) < 4.78 is 29.7. The van der Waals surface area contributed by atoms with E-state index < -0.39 is 18.4 Å². The highest BCUT2D eigenvalue weighted by atomic mass is 127. The van der Waals surface area contributed by atoms with Gasteiger partial charge in [-0.2, -0.15) is 5.10 Å². The number of benzene rings is 2. The van der Waals surface area contributed by atoms with E-state index in [-0.39, 0.29) is 18.0 Å². The summed E-state index contributed by atoms with van der Waals surface area (Å²) in [5, 5.41) is 10.2. The van der Waals surface area contributed by atoms with Gasteiger partial charge in [0, 0.05) is 9.26 Å². The predicted octanol–water partition coefficient (Wildman–Crippen LogP) is 5.41. The van der Waals surface area contributed by atoms with Gasteiger partial charge in [-0.25, -0.2) is 13.5 Å². The normalized spacial score (nSPS) is 18.2. The molecule has 0 unspecified atom stereocenters. The maximum atomic E-state index is 13.8. The number of fused-ring (bicyclic) bond motifs is 1. The van der Waals surface area contributed by atoms with E-state index in [1.165, 1.54) is 10.9 Å². The number of hydrogen-bond acceptors (Lipinski definition) is 3. The first-order valence-corrected chi connectivity index (χ1v) is 10.3. The van der Waals surface area contributed by atoms with Crippen LogP contribution in [0.5, 0.6) is 0 Å². The van der Waals surface area contributed by atoms with Crippen LogP contribution in [0.1, 0.15) is 40.0 Å². The summed E-state index contributed by atoms with van der Waals surface area (Å²) >= 11 is 2.16. The van der Waals surface area contributed by atoms with Crippen LogP contribution >= 0.6 is 22.6 Å². The number of nitrogens with zero attached hydrogens (tertiary/aromatic N) is 2. The van der Waals surface area contributed by atoms with Gasteiger partial charge in [0.1, 0.15) is 17.4 Å². The van der Waals surface area contributed by atoms with Crippen LogP contribution in [0.2, 0.25) is 0 Å². The molecular weight excluding hydrogens is 489 g/mol. The lowest BCUT2D eigenvalue weighted by Gasteiger charge is -2.32. The molecule has 1 aromatic heterocycles. The third-order valence-corrected chi connectivity index (χ3v) is 5.67.